The molecule has 1 heterocycles. The lowest BCUT2D eigenvalue weighted by molar-refractivity contribution is 0.423. The van der Waals surface area contributed by atoms with E-state index < -0.39 is 0 Å². The first kappa shape index (κ1) is 8.81. The second-order valence-electron chi connectivity index (χ2n) is 3.41. The molecule has 2 rings (SSSR count). The number of nitrogens with two attached hydrogens (primary N) is 1. The molecule has 2 N–H and O–H groups in total. The second-order valence-corrected chi connectivity index (χ2v) is 3.41. The van der Waals surface area contributed by atoms with Gasteiger partial charge < -0.3 is 10.3 Å². The molecule has 0 bridgehead atoms. The maximum Gasteiger partial charge on any atom is 0.174 e. The van der Waals surface area contributed by atoms with Crippen molar-refractivity contribution in [2.45, 2.75) is 13.8 Å². The Morgan fingerprint density at radius 3 is 2.57 bits per heavy atom. The highest BCUT2D eigenvalue weighted by atomic mass is 16.5. The van der Waals surface area contributed by atoms with Crippen molar-refractivity contribution in [3.63, 3.8) is 0 Å². The molecule has 0 aliphatic heterocycles. The lowest BCUT2D eigenvalue weighted by Gasteiger charge is -2.02. The molecular weight excluding hydrogens is 176 g/mol. The number of nitrogens with zero attached hydrogens (tertiary/aromatic N) is 1. The van der Waals surface area contributed by atoms with Gasteiger partial charge in [0.15, 0.2) is 5.82 Å². The molecule has 1 aromatic heterocycles. The molecule has 3 nitrogen and oxygen atoms in total. The Bertz CT molecular complexity index is 460. The van der Waals surface area contributed by atoms with Crippen molar-refractivity contribution in [2.24, 2.45) is 0 Å². The summed E-state index contributed by atoms with van der Waals surface area (Å²) in [5.41, 5.74) is 10.1. The van der Waals surface area contributed by atoms with Crippen LogP contribution >= 0.6 is 0 Å². The minimum absolute atomic E-state index is 0.438. The van der Waals surface area contributed by atoms with Crippen molar-refractivity contribution >= 4 is 5.82 Å². The number of rotatable bonds is 1. The third-order valence-electron chi connectivity index (χ3n) is 2.42. The maximum atomic E-state index is 5.66. The largest absolute Gasteiger partial charge is 0.380 e. The molecule has 3 heteroatoms. The second kappa shape index (κ2) is 3.18. The predicted molar refractivity (Wildman–Crippen MR) is 55.8 cm³/mol. The van der Waals surface area contributed by atoms with Crippen molar-refractivity contribution in [3.05, 3.63) is 35.6 Å². The van der Waals surface area contributed by atoms with E-state index in [1.165, 1.54) is 11.1 Å². The smallest absolute Gasteiger partial charge is 0.174 e. The Hall–Kier alpha value is -1.77. The molecule has 0 saturated heterocycles. The van der Waals surface area contributed by atoms with E-state index in [0.717, 1.165) is 11.1 Å². The van der Waals surface area contributed by atoms with Crippen molar-refractivity contribution in [2.75, 3.05) is 5.73 Å². The van der Waals surface area contributed by atoms with E-state index in [0.29, 0.717) is 5.82 Å². The molecule has 0 radical (unpaired) electrons. The van der Waals surface area contributed by atoms with E-state index >= 15 is 0 Å². The lowest BCUT2D eigenvalue weighted by atomic mass is 10.0. The Morgan fingerprint density at radius 1 is 1.21 bits per heavy atom. The summed E-state index contributed by atoms with van der Waals surface area (Å²) in [6.07, 6.45) is 1.57. The minimum Gasteiger partial charge on any atom is -0.380 e. The van der Waals surface area contributed by atoms with E-state index in [4.69, 9.17) is 10.3 Å². The summed E-state index contributed by atoms with van der Waals surface area (Å²) in [6, 6.07) is 6.17. The van der Waals surface area contributed by atoms with Gasteiger partial charge in [-0.05, 0) is 30.5 Å². The molecule has 1 aromatic carbocycles. The van der Waals surface area contributed by atoms with Crippen LogP contribution in [0.2, 0.25) is 0 Å². The van der Waals surface area contributed by atoms with Gasteiger partial charge in [-0.2, -0.15) is 0 Å². The molecule has 0 spiro atoms. The van der Waals surface area contributed by atoms with Gasteiger partial charge in [0.1, 0.15) is 6.26 Å². The van der Waals surface area contributed by atoms with Gasteiger partial charge in [0.25, 0.3) is 0 Å². The average molecular weight is 188 g/mol. The Balaban J connectivity index is 2.53. The van der Waals surface area contributed by atoms with Crippen molar-refractivity contribution in [1.82, 2.24) is 5.16 Å². The van der Waals surface area contributed by atoms with Crippen LogP contribution in [-0.2, 0) is 0 Å². The third-order valence-corrected chi connectivity index (χ3v) is 2.42. The molecule has 0 atom stereocenters. The van der Waals surface area contributed by atoms with Crippen molar-refractivity contribution in [3.8, 4) is 11.1 Å². The van der Waals surface area contributed by atoms with Crippen LogP contribution in [0.25, 0.3) is 11.1 Å². The SMILES string of the molecule is Cc1ccc(-c2conc2N)cc1C. The summed E-state index contributed by atoms with van der Waals surface area (Å²) in [6.45, 7) is 4.15. The first-order chi connectivity index (χ1) is 6.68. The molecule has 14 heavy (non-hydrogen) atoms. The van der Waals surface area contributed by atoms with Crippen LogP contribution in [0.1, 0.15) is 11.1 Å². The topological polar surface area (TPSA) is 52.0 Å². The van der Waals surface area contributed by atoms with Crippen LogP contribution in [0.15, 0.2) is 29.0 Å². The highest BCUT2D eigenvalue weighted by molar-refractivity contribution is 5.73. The van der Waals surface area contributed by atoms with Gasteiger partial charge in [-0.1, -0.05) is 23.4 Å². The fourth-order valence-corrected chi connectivity index (χ4v) is 1.37. The Kier molecular flexibility index (Phi) is 2.00. The number of aryl methyl sites for hydroxylation is 2. The first-order valence-corrected chi connectivity index (χ1v) is 4.46. The summed E-state index contributed by atoms with van der Waals surface area (Å²) in [5, 5.41) is 3.65. The fourth-order valence-electron chi connectivity index (χ4n) is 1.37. The molecule has 0 aliphatic rings. The summed E-state index contributed by atoms with van der Waals surface area (Å²) < 4.78 is 4.79. The highest BCUT2D eigenvalue weighted by Gasteiger charge is 2.06. The maximum absolute atomic E-state index is 5.66. The average Bonchev–Trinajstić information content (AvgIpc) is 2.57. The molecule has 0 fully saturated rings. The van der Waals surface area contributed by atoms with Crippen LogP contribution < -0.4 is 5.73 Å². The minimum atomic E-state index is 0.438. The summed E-state index contributed by atoms with van der Waals surface area (Å²) in [5.74, 6) is 0.438. The van der Waals surface area contributed by atoms with Crippen LogP contribution in [0.4, 0.5) is 5.82 Å². The van der Waals surface area contributed by atoms with Gasteiger partial charge in [0.05, 0.1) is 5.56 Å². The number of anilines is 1. The zero-order chi connectivity index (χ0) is 10.1. The van der Waals surface area contributed by atoms with E-state index in [1.807, 2.05) is 6.07 Å². The normalized spacial score (nSPS) is 10.4. The molecular formula is C11H12N2O. The van der Waals surface area contributed by atoms with Crippen LogP contribution in [0.5, 0.6) is 0 Å². The van der Waals surface area contributed by atoms with Gasteiger partial charge in [-0.15, -0.1) is 0 Å². The number of aromatic nitrogens is 1. The zero-order valence-corrected chi connectivity index (χ0v) is 8.24. The standard InChI is InChI=1S/C11H12N2O/c1-7-3-4-9(5-8(7)2)10-6-14-13-11(10)12/h3-6H,1-2H3,(H2,12,13). The van der Waals surface area contributed by atoms with E-state index in [-0.39, 0.29) is 0 Å². The first-order valence-electron chi connectivity index (χ1n) is 4.46. The zero-order valence-electron chi connectivity index (χ0n) is 8.24. The van der Waals surface area contributed by atoms with Gasteiger partial charge in [-0.3, -0.25) is 0 Å². The highest BCUT2D eigenvalue weighted by Crippen LogP contribution is 2.26. The monoisotopic (exact) mass is 188 g/mol. The third kappa shape index (κ3) is 1.37. The quantitative estimate of drug-likeness (QED) is 0.748. The number of hydrogen-bond acceptors (Lipinski definition) is 3. The van der Waals surface area contributed by atoms with E-state index in [2.05, 4.69) is 31.1 Å². The van der Waals surface area contributed by atoms with Crippen LogP contribution in [0, 0.1) is 13.8 Å². The summed E-state index contributed by atoms with van der Waals surface area (Å²) in [7, 11) is 0. The van der Waals surface area contributed by atoms with Crippen molar-refractivity contribution < 1.29 is 4.52 Å². The fraction of sp³-hybridized carbons (Fsp3) is 0.182. The summed E-state index contributed by atoms with van der Waals surface area (Å²) >= 11 is 0. The molecule has 72 valence electrons. The Labute approximate surface area is 82.5 Å². The van der Waals surface area contributed by atoms with Crippen LogP contribution in [0.3, 0.4) is 0 Å². The molecule has 0 unspecified atom stereocenters. The van der Waals surface area contributed by atoms with Gasteiger partial charge in [0.2, 0.25) is 0 Å². The number of benzene rings is 1. The molecule has 2 aromatic rings. The number of hydrogen-bond donors (Lipinski definition) is 1. The van der Waals surface area contributed by atoms with Crippen LogP contribution in [-0.4, -0.2) is 5.16 Å². The summed E-state index contributed by atoms with van der Waals surface area (Å²) in [4.78, 5) is 0. The molecule has 0 saturated carbocycles. The predicted octanol–water partition coefficient (Wildman–Crippen LogP) is 2.54. The lowest BCUT2D eigenvalue weighted by Crippen LogP contribution is -1.88. The van der Waals surface area contributed by atoms with Crippen molar-refractivity contribution in [1.29, 1.82) is 0 Å². The van der Waals surface area contributed by atoms with Gasteiger partial charge >= 0.3 is 0 Å². The number of nitrogen functional groups attached to an aromatic ring is 1. The van der Waals surface area contributed by atoms with E-state index in [1.54, 1.807) is 6.26 Å². The van der Waals surface area contributed by atoms with E-state index in [9.17, 15) is 0 Å². The van der Waals surface area contributed by atoms with Gasteiger partial charge in [-0.25, -0.2) is 0 Å². The Morgan fingerprint density at radius 2 is 2.00 bits per heavy atom. The molecule has 0 amide bonds. The molecule has 0 aliphatic carbocycles. The van der Waals surface area contributed by atoms with Gasteiger partial charge in [0, 0.05) is 0 Å².